The number of aryl methyl sites for hydroxylation is 1. The van der Waals surface area contributed by atoms with Crippen molar-refractivity contribution >= 4 is 39.9 Å². The molecule has 2 aliphatic rings. The van der Waals surface area contributed by atoms with Crippen LogP contribution in [-0.2, 0) is 20.7 Å². The Bertz CT molecular complexity index is 1340. The van der Waals surface area contributed by atoms with E-state index in [9.17, 15) is 0 Å². The van der Waals surface area contributed by atoms with E-state index in [0.29, 0.717) is 31.6 Å². The molecule has 0 aromatic heterocycles. The molecule has 0 atom stereocenters. The van der Waals surface area contributed by atoms with Crippen molar-refractivity contribution in [1.82, 2.24) is 0 Å². The van der Waals surface area contributed by atoms with E-state index in [0.717, 1.165) is 33.6 Å². The summed E-state index contributed by atoms with van der Waals surface area (Å²) in [5.74, 6) is 2.13. The van der Waals surface area contributed by atoms with Gasteiger partial charge in [-0.2, -0.15) is 0 Å². The van der Waals surface area contributed by atoms with Crippen molar-refractivity contribution < 1.29 is 18.9 Å². The molecule has 6 nitrogen and oxygen atoms in total. The average Bonchev–Trinajstić information content (AvgIpc) is 3.49. The van der Waals surface area contributed by atoms with Crippen LogP contribution in [0.5, 0.6) is 5.75 Å². The highest BCUT2D eigenvalue weighted by molar-refractivity contribution is 6.85. The SMILES string of the molecule is CO[B][Si].Cc1ccc(COc2ccc(-c3ccc(C4=NC(C)(C)CO4)c(C4=NC(C)(C)CO4)c3)cc2)cc1.[Si]. The van der Waals surface area contributed by atoms with E-state index < -0.39 is 0 Å². The van der Waals surface area contributed by atoms with Gasteiger partial charge in [0.2, 0.25) is 11.8 Å². The number of benzene rings is 3. The number of rotatable bonds is 7. The standard InChI is InChI=1S/C30H32N2O3.CH3BOSi.Si/c1-20-6-8-21(9-7-20)17-33-24-13-10-22(11-14-24)23-12-15-25(27-31-29(2,3)18-34-27)26(16-23)28-32-30(4,5)19-35-28;1-3-2-4;/h6-16H,17-19H2,1-5H3;1H3;. The van der Waals surface area contributed by atoms with Crippen LogP contribution in [0.2, 0.25) is 0 Å². The molecule has 0 fully saturated rings. The van der Waals surface area contributed by atoms with Crippen LogP contribution in [0.4, 0.5) is 0 Å². The van der Waals surface area contributed by atoms with Crippen LogP contribution >= 0.6 is 0 Å². The Kier molecular flexibility index (Phi) is 10.6. The lowest BCUT2D eigenvalue weighted by molar-refractivity contribution is 0.277. The maximum Gasteiger partial charge on any atom is 0.266 e. The summed E-state index contributed by atoms with van der Waals surface area (Å²) >= 11 is 0. The smallest absolute Gasteiger partial charge is 0.266 e. The number of nitrogens with zero attached hydrogens (tertiary/aromatic N) is 2. The Morgan fingerprint density at radius 2 is 1.32 bits per heavy atom. The predicted octanol–water partition coefficient (Wildman–Crippen LogP) is 5.31. The minimum atomic E-state index is -0.253. The first-order valence-electron chi connectivity index (χ1n) is 13.0. The molecule has 3 aromatic rings. The molecule has 0 N–H and O–H groups in total. The summed E-state index contributed by atoms with van der Waals surface area (Å²) in [6.45, 7) is 12.0. The highest BCUT2D eigenvalue weighted by atomic mass is 28.1. The number of hydrogen-bond acceptors (Lipinski definition) is 6. The van der Waals surface area contributed by atoms with Gasteiger partial charge in [-0.1, -0.05) is 48.0 Å². The summed E-state index contributed by atoms with van der Waals surface area (Å²) in [5, 5.41) is 0. The molecule has 5 rings (SSSR count). The highest BCUT2D eigenvalue weighted by Crippen LogP contribution is 2.31. The van der Waals surface area contributed by atoms with Gasteiger partial charge in [0.05, 0.1) is 11.1 Å². The molecular formula is C31H35BN2O4Si2. The van der Waals surface area contributed by atoms with Crippen LogP contribution in [0.15, 0.2) is 76.7 Å². The molecule has 3 aromatic carbocycles. The first-order chi connectivity index (χ1) is 18.6. The fraction of sp³-hybridized carbons (Fsp3) is 0.355. The van der Waals surface area contributed by atoms with Crippen molar-refractivity contribution in [2.75, 3.05) is 20.3 Å². The van der Waals surface area contributed by atoms with Crippen molar-refractivity contribution in [3.8, 4) is 16.9 Å². The second kappa shape index (κ2) is 13.5. The molecule has 0 unspecified atom stereocenters. The van der Waals surface area contributed by atoms with Crippen LogP contribution < -0.4 is 4.74 Å². The third-order valence-electron chi connectivity index (χ3n) is 6.24. The van der Waals surface area contributed by atoms with Gasteiger partial charge in [-0.25, -0.2) is 9.98 Å². The van der Waals surface area contributed by atoms with E-state index in [1.54, 1.807) is 7.11 Å². The number of hydrogen-bond donors (Lipinski definition) is 0. The monoisotopic (exact) mass is 566 g/mol. The summed E-state index contributed by atoms with van der Waals surface area (Å²) < 4.78 is 22.3. The van der Waals surface area contributed by atoms with Crippen molar-refractivity contribution in [2.24, 2.45) is 9.98 Å². The van der Waals surface area contributed by atoms with Crippen LogP contribution in [0, 0.1) is 6.92 Å². The Balaban J connectivity index is 0.000000828. The summed E-state index contributed by atoms with van der Waals surface area (Å²) in [6.07, 6.45) is 0. The molecular weight excluding hydrogens is 531 g/mol. The van der Waals surface area contributed by atoms with Crippen LogP contribution in [-0.4, -0.2) is 71.3 Å². The second-order valence-corrected chi connectivity index (χ2v) is 11.2. The Labute approximate surface area is 246 Å². The topological polar surface area (TPSA) is 61.6 Å². The van der Waals surface area contributed by atoms with E-state index in [2.05, 4.69) is 104 Å². The Morgan fingerprint density at radius 3 is 1.82 bits per heavy atom. The number of aliphatic imine (C=N–C) groups is 2. The third-order valence-corrected chi connectivity index (χ3v) is 6.48. The van der Waals surface area contributed by atoms with E-state index in [1.165, 1.54) is 12.6 Å². The highest BCUT2D eigenvalue weighted by Gasteiger charge is 2.32. The molecule has 204 valence electrons. The molecule has 2 aliphatic heterocycles. The lowest BCUT2D eigenvalue weighted by Crippen LogP contribution is -2.17. The van der Waals surface area contributed by atoms with Gasteiger partial charge in [0.15, 0.2) is 0 Å². The molecule has 8 radical (unpaired) electrons. The Hall–Kier alpha value is -3.14. The first-order valence-corrected chi connectivity index (χ1v) is 13.6. The van der Waals surface area contributed by atoms with Gasteiger partial charge < -0.3 is 18.9 Å². The maximum absolute atomic E-state index is 6.02. The first kappa shape index (κ1) is 31.4. The van der Waals surface area contributed by atoms with Crippen molar-refractivity contribution in [3.05, 3.63) is 89.0 Å². The molecule has 0 spiro atoms. The minimum Gasteiger partial charge on any atom is -0.489 e. The average molecular weight is 567 g/mol. The van der Waals surface area contributed by atoms with Crippen molar-refractivity contribution in [2.45, 2.75) is 52.3 Å². The zero-order valence-corrected chi connectivity index (χ0v) is 26.1. The summed E-state index contributed by atoms with van der Waals surface area (Å²) in [4.78, 5) is 9.62. The molecule has 0 amide bonds. The zero-order valence-electron chi connectivity index (χ0n) is 24.1. The van der Waals surface area contributed by atoms with E-state index in [-0.39, 0.29) is 22.0 Å². The van der Waals surface area contributed by atoms with Gasteiger partial charge >= 0.3 is 0 Å². The fourth-order valence-electron chi connectivity index (χ4n) is 4.13. The molecule has 0 saturated heterocycles. The Morgan fingerprint density at radius 1 is 0.800 bits per heavy atom. The lowest BCUT2D eigenvalue weighted by atomic mass is 9.98. The normalized spacial score (nSPS) is 16.3. The zero-order chi connectivity index (χ0) is 28.0. The van der Waals surface area contributed by atoms with Gasteiger partial charge in [0.1, 0.15) is 25.6 Å². The van der Waals surface area contributed by atoms with Gasteiger partial charge in [-0.05, 0) is 75.6 Å². The third kappa shape index (κ3) is 8.19. The van der Waals surface area contributed by atoms with Crippen LogP contribution in [0.3, 0.4) is 0 Å². The largest absolute Gasteiger partial charge is 0.489 e. The van der Waals surface area contributed by atoms with E-state index >= 15 is 0 Å². The van der Waals surface area contributed by atoms with Crippen LogP contribution in [0.1, 0.15) is 49.9 Å². The van der Waals surface area contributed by atoms with E-state index in [1.807, 2.05) is 12.1 Å². The fourth-order valence-corrected chi connectivity index (χ4v) is 4.13. The van der Waals surface area contributed by atoms with Crippen LogP contribution in [0.25, 0.3) is 11.1 Å². The van der Waals surface area contributed by atoms with Gasteiger partial charge in [0.25, 0.3) is 7.07 Å². The molecule has 0 bridgehead atoms. The van der Waals surface area contributed by atoms with Crippen molar-refractivity contribution in [1.29, 1.82) is 0 Å². The number of ether oxygens (including phenoxy) is 3. The molecule has 0 aliphatic carbocycles. The predicted molar refractivity (Wildman–Crippen MR) is 165 cm³/mol. The maximum atomic E-state index is 6.02. The van der Waals surface area contributed by atoms with Gasteiger partial charge in [-0.15, -0.1) is 0 Å². The summed E-state index contributed by atoms with van der Waals surface area (Å²) in [7, 11) is 5.95. The van der Waals surface area contributed by atoms with E-state index in [4.69, 9.17) is 24.2 Å². The summed E-state index contributed by atoms with van der Waals surface area (Å²) in [5.41, 5.74) is 5.89. The second-order valence-electron chi connectivity index (χ2n) is 10.9. The quantitative estimate of drug-likeness (QED) is 0.364. The minimum absolute atomic E-state index is 0. The van der Waals surface area contributed by atoms with Gasteiger partial charge in [0, 0.05) is 39.3 Å². The molecule has 2 heterocycles. The van der Waals surface area contributed by atoms with Gasteiger partial charge in [-0.3, -0.25) is 0 Å². The lowest BCUT2D eigenvalue weighted by Gasteiger charge is -2.12. The molecule has 0 saturated carbocycles. The molecule has 40 heavy (non-hydrogen) atoms. The molecule has 9 heteroatoms. The summed E-state index contributed by atoms with van der Waals surface area (Å²) in [6, 6.07) is 22.9. The van der Waals surface area contributed by atoms with Crippen molar-refractivity contribution in [3.63, 3.8) is 0 Å².